The van der Waals surface area contributed by atoms with Crippen LogP contribution >= 0.6 is 0 Å². The van der Waals surface area contributed by atoms with Crippen LogP contribution < -0.4 is 10.2 Å². The van der Waals surface area contributed by atoms with Gasteiger partial charge in [0.2, 0.25) is 0 Å². The minimum absolute atomic E-state index is 0.125. The molecule has 128 valence electrons. The van der Waals surface area contributed by atoms with Crippen molar-refractivity contribution < 1.29 is 9.90 Å². The van der Waals surface area contributed by atoms with E-state index in [0.717, 1.165) is 43.6 Å². The molecule has 0 bridgehead atoms. The van der Waals surface area contributed by atoms with Crippen molar-refractivity contribution in [2.75, 3.05) is 37.4 Å². The molecule has 0 heterocycles. The highest BCUT2D eigenvalue weighted by atomic mass is 16.3. The van der Waals surface area contributed by atoms with E-state index in [-0.39, 0.29) is 18.1 Å². The number of hydrogen-bond acceptors (Lipinski definition) is 3. The van der Waals surface area contributed by atoms with Crippen LogP contribution in [-0.4, -0.2) is 49.3 Å². The average molecular weight is 319 g/mol. The molecule has 23 heavy (non-hydrogen) atoms. The maximum absolute atomic E-state index is 12.5. The van der Waals surface area contributed by atoms with Crippen molar-refractivity contribution >= 4 is 17.4 Å². The fourth-order valence-corrected chi connectivity index (χ4v) is 3.13. The van der Waals surface area contributed by atoms with Gasteiger partial charge in [0.05, 0.1) is 17.5 Å². The van der Waals surface area contributed by atoms with Gasteiger partial charge in [-0.25, -0.2) is 4.79 Å². The van der Waals surface area contributed by atoms with Gasteiger partial charge < -0.3 is 20.2 Å². The number of nitrogens with zero attached hydrogens (tertiary/aromatic N) is 2. The van der Waals surface area contributed by atoms with Crippen molar-refractivity contribution in [2.24, 2.45) is 5.92 Å². The Kier molecular flexibility index (Phi) is 6.28. The minimum atomic E-state index is -0.280. The molecule has 1 aliphatic rings. The third-order valence-corrected chi connectivity index (χ3v) is 4.76. The van der Waals surface area contributed by atoms with Gasteiger partial charge in [-0.2, -0.15) is 0 Å². The van der Waals surface area contributed by atoms with Gasteiger partial charge in [-0.05, 0) is 31.9 Å². The van der Waals surface area contributed by atoms with Gasteiger partial charge in [-0.1, -0.05) is 25.0 Å². The van der Waals surface area contributed by atoms with Gasteiger partial charge in [0.25, 0.3) is 0 Å². The Balaban J connectivity index is 1.98. The third kappa shape index (κ3) is 4.61. The van der Waals surface area contributed by atoms with E-state index in [1.165, 1.54) is 0 Å². The van der Waals surface area contributed by atoms with Crippen molar-refractivity contribution in [3.63, 3.8) is 0 Å². The largest absolute Gasteiger partial charge is 0.393 e. The molecule has 2 amide bonds. The fraction of sp³-hybridized carbons (Fsp3) is 0.611. The molecule has 1 aliphatic carbocycles. The lowest BCUT2D eigenvalue weighted by atomic mass is 9.86. The molecule has 0 spiro atoms. The van der Waals surface area contributed by atoms with E-state index < -0.39 is 0 Å². The number of para-hydroxylation sites is 2. The van der Waals surface area contributed by atoms with Crippen LogP contribution in [0.4, 0.5) is 16.2 Å². The Bertz CT molecular complexity index is 521. The van der Waals surface area contributed by atoms with Gasteiger partial charge in [0, 0.05) is 33.1 Å². The molecule has 0 aromatic heterocycles. The number of urea groups is 1. The van der Waals surface area contributed by atoms with E-state index in [1.54, 1.807) is 11.9 Å². The van der Waals surface area contributed by atoms with Crippen LogP contribution in [0.15, 0.2) is 24.3 Å². The Morgan fingerprint density at radius 3 is 2.65 bits per heavy atom. The normalized spacial score (nSPS) is 20.9. The van der Waals surface area contributed by atoms with Crippen LogP contribution in [0.1, 0.15) is 32.6 Å². The Hall–Kier alpha value is -1.75. The molecule has 5 heteroatoms. The number of amides is 2. The standard InChI is InChI=1S/C18H29N3O2/c1-4-20(2)16-11-7-6-10-15(16)19-18(23)21(3)13-14-9-5-8-12-17(14)22/h6-7,10-11,14,17,22H,4-5,8-9,12-13H2,1-3H3,(H,19,23). The van der Waals surface area contributed by atoms with Crippen LogP contribution in [0.5, 0.6) is 0 Å². The highest BCUT2D eigenvalue weighted by Gasteiger charge is 2.25. The lowest BCUT2D eigenvalue weighted by Crippen LogP contribution is -2.40. The molecular formula is C18H29N3O2. The lowest BCUT2D eigenvalue weighted by molar-refractivity contribution is 0.0575. The molecule has 5 nitrogen and oxygen atoms in total. The molecule has 1 fully saturated rings. The predicted molar refractivity (Wildman–Crippen MR) is 95.0 cm³/mol. The van der Waals surface area contributed by atoms with Gasteiger partial charge in [0.1, 0.15) is 0 Å². The van der Waals surface area contributed by atoms with E-state index in [0.29, 0.717) is 6.54 Å². The smallest absolute Gasteiger partial charge is 0.321 e. The average Bonchev–Trinajstić information content (AvgIpc) is 2.56. The molecule has 2 rings (SSSR count). The van der Waals surface area contributed by atoms with Crippen molar-refractivity contribution in [3.05, 3.63) is 24.3 Å². The fourth-order valence-electron chi connectivity index (χ4n) is 3.13. The number of hydrogen-bond donors (Lipinski definition) is 2. The van der Waals surface area contributed by atoms with E-state index in [1.807, 2.05) is 31.3 Å². The zero-order valence-electron chi connectivity index (χ0n) is 14.5. The minimum Gasteiger partial charge on any atom is -0.393 e. The molecule has 2 N–H and O–H groups in total. The number of carbonyl (C=O) groups excluding carboxylic acids is 1. The highest BCUT2D eigenvalue weighted by Crippen LogP contribution is 2.26. The summed E-state index contributed by atoms with van der Waals surface area (Å²) in [6.07, 6.45) is 3.79. The quantitative estimate of drug-likeness (QED) is 0.876. The number of aliphatic hydroxyl groups excluding tert-OH is 1. The number of rotatable bonds is 5. The molecule has 1 aromatic carbocycles. The first-order chi connectivity index (χ1) is 11.0. The highest BCUT2D eigenvalue weighted by molar-refractivity contribution is 5.93. The van der Waals surface area contributed by atoms with E-state index in [9.17, 15) is 9.90 Å². The number of carbonyl (C=O) groups is 1. The van der Waals surface area contributed by atoms with Crippen LogP contribution in [0.25, 0.3) is 0 Å². The summed E-state index contributed by atoms with van der Waals surface area (Å²) in [7, 11) is 3.80. The zero-order chi connectivity index (χ0) is 16.8. The summed E-state index contributed by atoms with van der Waals surface area (Å²) in [4.78, 5) is 16.3. The van der Waals surface area contributed by atoms with Crippen molar-refractivity contribution in [3.8, 4) is 0 Å². The molecular weight excluding hydrogens is 290 g/mol. The Labute approximate surface area is 139 Å². The number of benzene rings is 1. The SMILES string of the molecule is CCN(C)c1ccccc1NC(=O)N(C)CC1CCCCC1O. The molecule has 2 unspecified atom stereocenters. The van der Waals surface area contributed by atoms with Crippen LogP contribution in [-0.2, 0) is 0 Å². The summed E-state index contributed by atoms with van der Waals surface area (Å²) in [6.45, 7) is 3.55. The monoisotopic (exact) mass is 319 g/mol. The Morgan fingerprint density at radius 2 is 1.96 bits per heavy atom. The maximum atomic E-state index is 12.5. The summed E-state index contributed by atoms with van der Waals surface area (Å²) in [5, 5.41) is 13.1. The third-order valence-electron chi connectivity index (χ3n) is 4.76. The molecule has 1 aromatic rings. The first-order valence-electron chi connectivity index (χ1n) is 8.53. The van der Waals surface area contributed by atoms with E-state index in [2.05, 4.69) is 17.1 Å². The van der Waals surface area contributed by atoms with Crippen LogP contribution in [0.3, 0.4) is 0 Å². The van der Waals surface area contributed by atoms with E-state index >= 15 is 0 Å². The van der Waals surface area contributed by atoms with Crippen molar-refractivity contribution in [1.29, 1.82) is 0 Å². The molecule has 1 saturated carbocycles. The topological polar surface area (TPSA) is 55.8 Å². The molecule has 0 radical (unpaired) electrons. The summed E-state index contributed by atoms with van der Waals surface area (Å²) >= 11 is 0. The molecule has 0 saturated heterocycles. The predicted octanol–water partition coefficient (Wildman–Crippen LogP) is 3.16. The summed E-state index contributed by atoms with van der Waals surface area (Å²) < 4.78 is 0. The first-order valence-corrected chi connectivity index (χ1v) is 8.53. The second kappa shape index (κ2) is 8.20. The van der Waals surface area contributed by atoms with Crippen molar-refractivity contribution in [2.45, 2.75) is 38.7 Å². The second-order valence-electron chi connectivity index (χ2n) is 6.45. The zero-order valence-corrected chi connectivity index (χ0v) is 14.5. The van der Waals surface area contributed by atoms with Crippen LogP contribution in [0, 0.1) is 5.92 Å². The number of aliphatic hydroxyl groups is 1. The van der Waals surface area contributed by atoms with Crippen LogP contribution in [0.2, 0.25) is 0 Å². The summed E-state index contributed by atoms with van der Waals surface area (Å²) in [5.74, 6) is 0.188. The number of nitrogens with one attached hydrogen (secondary N) is 1. The van der Waals surface area contributed by atoms with Gasteiger partial charge >= 0.3 is 6.03 Å². The van der Waals surface area contributed by atoms with Gasteiger partial charge in [-0.15, -0.1) is 0 Å². The first kappa shape index (κ1) is 17.6. The summed E-state index contributed by atoms with van der Waals surface area (Å²) in [6, 6.07) is 7.69. The second-order valence-corrected chi connectivity index (χ2v) is 6.45. The lowest BCUT2D eigenvalue weighted by Gasteiger charge is -2.31. The van der Waals surface area contributed by atoms with E-state index in [4.69, 9.17) is 0 Å². The molecule has 2 atom stereocenters. The van der Waals surface area contributed by atoms with Gasteiger partial charge in [-0.3, -0.25) is 0 Å². The van der Waals surface area contributed by atoms with Gasteiger partial charge in [0.15, 0.2) is 0 Å². The number of anilines is 2. The molecule has 0 aliphatic heterocycles. The maximum Gasteiger partial charge on any atom is 0.321 e. The Morgan fingerprint density at radius 1 is 1.26 bits per heavy atom. The summed E-state index contributed by atoms with van der Waals surface area (Å²) in [5.41, 5.74) is 1.83. The van der Waals surface area contributed by atoms with Crippen molar-refractivity contribution in [1.82, 2.24) is 4.90 Å².